The molecular weight excluding hydrogens is 450 g/mol. The first kappa shape index (κ1) is 23.7. The van der Waals surface area contributed by atoms with E-state index in [1.165, 1.54) is 21.3 Å². The number of allylic oxidation sites excluding steroid dienone is 1. The Balaban J connectivity index is 2.35. The molecule has 2 aliphatic heterocycles. The van der Waals surface area contributed by atoms with Crippen molar-refractivity contribution < 1.29 is 33.3 Å². The molecule has 0 aromatic heterocycles. The number of carbonyl (C=O) groups excluding carboxylic acids is 3. The predicted molar refractivity (Wildman–Crippen MR) is 117 cm³/mol. The van der Waals surface area contributed by atoms with Crippen LogP contribution in [0.4, 0.5) is 0 Å². The van der Waals surface area contributed by atoms with Gasteiger partial charge in [0.1, 0.15) is 27.3 Å². The fourth-order valence-electron chi connectivity index (χ4n) is 3.50. The van der Waals surface area contributed by atoms with Crippen LogP contribution in [0.5, 0.6) is 11.5 Å². The number of methoxy groups -OCH3 is 3. The Morgan fingerprint density at radius 1 is 1.21 bits per heavy atom. The first-order valence-electron chi connectivity index (χ1n) is 9.67. The molecule has 1 aromatic carbocycles. The lowest BCUT2D eigenvalue weighted by Crippen LogP contribution is -2.41. The van der Waals surface area contributed by atoms with E-state index in [9.17, 15) is 19.6 Å². The van der Waals surface area contributed by atoms with Crippen molar-refractivity contribution in [1.82, 2.24) is 4.90 Å². The number of hydrogen-bond donors (Lipinski definition) is 1. The Bertz CT molecular complexity index is 1160. The number of carbonyl (C=O) groups is 3. The van der Waals surface area contributed by atoms with E-state index in [0.29, 0.717) is 17.1 Å². The molecule has 11 heteroatoms. The van der Waals surface area contributed by atoms with Gasteiger partial charge in [-0.05, 0) is 13.0 Å². The molecular formula is C22H21N3O7S. The Labute approximate surface area is 194 Å². The van der Waals surface area contributed by atoms with Crippen molar-refractivity contribution >= 4 is 29.6 Å². The SMILES string of the molecule is CCOC(=O)C1=C2SC(C(=O)OC)=CC(=O)N2C(N)=C(C#N)C1c1ccc(OC)cc1OC. The number of hydrogen-bond acceptors (Lipinski definition) is 10. The maximum Gasteiger partial charge on any atom is 0.344 e. The van der Waals surface area contributed by atoms with Crippen molar-refractivity contribution in [2.45, 2.75) is 12.8 Å². The van der Waals surface area contributed by atoms with Gasteiger partial charge in [-0.15, -0.1) is 0 Å². The van der Waals surface area contributed by atoms with E-state index in [4.69, 9.17) is 24.7 Å². The molecule has 1 amide bonds. The highest BCUT2D eigenvalue weighted by atomic mass is 32.2. The molecule has 0 fully saturated rings. The van der Waals surface area contributed by atoms with Gasteiger partial charge in [-0.2, -0.15) is 5.26 Å². The summed E-state index contributed by atoms with van der Waals surface area (Å²) in [6.45, 7) is 1.67. The number of ether oxygens (including phenoxy) is 4. The highest BCUT2D eigenvalue weighted by molar-refractivity contribution is 8.07. The van der Waals surface area contributed by atoms with Crippen LogP contribution in [0, 0.1) is 11.3 Å². The topological polar surface area (TPSA) is 141 Å². The molecule has 2 aliphatic rings. The largest absolute Gasteiger partial charge is 0.497 e. The zero-order valence-corrected chi connectivity index (χ0v) is 19.1. The summed E-state index contributed by atoms with van der Waals surface area (Å²) in [6, 6.07) is 6.89. The smallest absolute Gasteiger partial charge is 0.344 e. The number of benzene rings is 1. The van der Waals surface area contributed by atoms with Crippen molar-refractivity contribution in [2.75, 3.05) is 27.9 Å². The van der Waals surface area contributed by atoms with Gasteiger partial charge < -0.3 is 24.7 Å². The van der Waals surface area contributed by atoms with Gasteiger partial charge >= 0.3 is 11.9 Å². The highest BCUT2D eigenvalue weighted by Crippen LogP contribution is 2.50. The zero-order valence-electron chi connectivity index (χ0n) is 18.3. The van der Waals surface area contributed by atoms with Gasteiger partial charge in [-0.1, -0.05) is 17.8 Å². The molecule has 1 atom stereocenters. The lowest BCUT2D eigenvalue weighted by molar-refractivity contribution is -0.139. The second-order valence-electron chi connectivity index (χ2n) is 6.67. The van der Waals surface area contributed by atoms with Crippen LogP contribution < -0.4 is 15.2 Å². The van der Waals surface area contributed by atoms with Crippen LogP contribution in [0.15, 0.2) is 51.2 Å². The number of rotatable bonds is 6. The third-order valence-corrected chi connectivity index (χ3v) is 6.06. The van der Waals surface area contributed by atoms with Crippen LogP contribution in [0.25, 0.3) is 0 Å². The van der Waals surface area contributed by atoms with Gasteiger partial charge in [0, 0.05) is 17.7 Å². The Kier molecular flexibility index (Phi) is 6.98. The first-order valence-corrected chi connectivity index (χ1v) is 10.5. The third-order valence-electron chi connectivity index (χ3n) is 4.96. The third kappa shape index (κ3) is 4.12. The van der Waals surface area contributed by atoms with E-state index in [0.717, 1.165) is 22.7 Å². The summed E-state index contributed by atoms with van der Waals surface area (Å²) in [7, 11) is 4.10. The number of amides is 1. The summed E-state index contributed by atoms with van der Waals surface area (Å²) >= 11 is 0.831. The fourth-order valence-corrected chi connectivity index (χ4v) is 4.63. The van der Waals surface area contributed by atoms with Crippen LogP contribution in [-0.2, 0) is 23.9 Å². The molecule has 0 spiro atoms. The van der Waals surface area contributed by atoms with Crippen LogP contribution >= 0.6 is 11.8 Å². The van der Waals surface area contributed by atoms with Gasteiger partial charge in [0.15, 0.2) is 0 Å². The van der Waals surface area contributed by atoms with E-state index >= 15 is 0 Å². The quantitative estimate of drug-likeness (QED) is 0.611. The van der Waals surface area contributed by atoms with Gasteiger partial charge in [0.25, 0.3) is 5.91 Å². The molecule has 3 rings (SSSR count). The number of thioether (sulfide) groups is 1. The second-order valence-corrected chi connectivity index (χ2v) is 7.70. The molecule has 0 radical (unpaired) electrons. The fraction of sp³-hybridized carbons (Fsp3) is 0.273. The number of nitrogens with two attached hydrogens (primary N) is 1. The lowest BCUT2D eigenvalue weighted by atomic mass is 9.82. The Hall–Kier alpha value is -3.91. The van der Waals surface area contributed by atoms with Crippen LogP contribution in [0.3, 0.4) is 0 Å². The van der Waals surface area contributed by atoms with Crippen LogP contribution in [0.1, 0.15) is 18.4 Å². The lowest BCUT2D eigenvalue weighted by Gasteiger charge is -2.37. The molecule has 0 aliphatic carbocycles. The van der Waals surface area contributed by atoms with Gasteiger partial charge in [-0.25, -0.2) is 9.59 Å². The van der Waals surface area contributed by atoms with E-state index in [2.05, 4.69) is 0 Å². The summed E-state index contributed by atoms with van der Waals surface area (Å²) in [5, 5.41) is 10.0. The Morgan fingerprint density at radius 3 is 2.52 bits per heavy atom. The summed E-state index contributed by atoms with van der Waals surface area (Å²) in [6.07, 6.45) is 1.04. The first-order chi connectivity index (χ1) is 15.8. The summed E-state index contributed by atoms with van der Waals surface area (Å²) in [5.74, 6) is -2.60. The predicted octanol–water partition coefficient (Wildman–Crippen LogP) is 1.90. The average molecular weight is 471 g/mol. The maximum atomic E-state index is 13.2. The number of nitrogens with zero attached hydrogens (tertiary/aromatic N) is 2. The van der Waals surface area contributed by atoms with Crippen LogP contribution in [-0.4, -0.2) is 50.7 Å². The summed E-state index contributed by atoms with van der Waals surface area (Å²) in [4.78, 5) is 39.2. The van der Waals surface area contributed by atoms with E-state index < -0.39 is 23.8 Å². The molecule has 1 unspecified atom stereocenters. The Morgan fingerprint density at radius 2 is 1.94 bits per heavy atom. The van der Waals surface area contributed by atoms with Crippen molar-refractivity contribution in [3.8, 4) is 17.6 Å². The van der Waals surface area contributed by atoms with Crippen molar-refractivity contribution in [3.63, 3.8) is 0 Å². The van der Waals surface area contributed by atoms with Crippen LogP contribution in [0.2, 0.25) is 0 Å². The van der Waals surface area contributed by atoms with Gasteiger partial charge in [0.05, 0.1) is 51.1 Å². The molecule has 2 heterocycles. The second kappa shape index (κ2) is 9.70. The molecule has 0 bridgehead atoms. The summed E-state index contributed by atoms with van der Waals surface area (Å²) < 4.78 is 20.7. The molecule has 172 valence electrons. The minimum Gasteiger partial charge on any atom is -0.497 e. The standard InChI is InChI=1S/C22H21N3O7S/c1-5-32-22(28)18-17(12-7-6-11(29-2)8-14(12)30-3)13(10-23)19(24)25-16(26)9-15(21(27)31-4)33-20(18)25/h6-9,17H,5,24H2,1-4H3. The molecule has 1 aromatic rings. The normalized spacial score (nSPS) is 17.7. The van der Waals surface area contributed by atoms with Crippen molar-refractivity contribution in [3.05, 3.63) is 56.7 Å². The minimum atomic E-state index is -1.03. The van der Waals surface area contributed by atoms with E-state index in [-0.39, 0.29) is 33.5 Å². The molecule has 10 nitrogen and oxygen atoms in total. The molecule has 0 saturated heterocycles. The average Bonchev–Trinajstić information content (AvgIpc) is 2.82. The van der Waals surface area contributed by atoms with Crippen molar-refractivity contribution in [2.24, 2.45) is 5.73 Å². The van der Waals surface area contributed by atoms with E-state index in [1.54, 1.807) is 25.1 Å². The number of esters is 2. The minimum absolute atomic E-state index is 0.0288. The monoisotopic (exact) mass is 471 g/mol. The molecule has 0 saturated carbocycles. The van der Waals surface area contributed by atoms with E-state index in [1.807, 2.05) is 6.07 Å². The highest BCUT2D eigenvalue weighted by Gasteiger charge is 2.45. The maximum absolute atomic E-state index is 13.2. The van der Waals surface area contributed by atoms with Gasteiger partial charge in [-0.3, -0.25) is 9.69 Å². The molecule has 33 heavy (non-hydrogen) atoms. The summed E-state index contributed by atoms with van der Waals surface area (Å²) in [5.41, 5.74) is 6.60. The molecule has 2 N–H and O–H groups in total. The number of nitriles is 1. The van der Waals surface area contributed by atoms with Gasteiger partial charge in [0.2, 0.25) is 0 Å². The number of fused-ring (bicyclic) bond motifs is 1. The zero-order chi connectivity index (χ0) is 24.3. The van der Waals surface area contributed by atoms with Crippen molar-refractivity contribution in [1.29, 1.82) is 5.26 Å².